The first kappa shape index (κ1) is 21.6. The number of aryl methyl sites for hydroxylation is 1. The molecule has 6 nitrogen and oxygen atoms in total. The Hall–Kier alpha value is -3.15. The molecule has 0 radical (unpaired) electrons. The van der Waals surface area contributed by atoms with Gasteiger partial charge in [0, 0.05) is 6.54 Å². The summed E-state index contributed by atoms with van der Waals surface area (Å²) in [5.74, 6) is -0.297. The Morgan fingerprint density at radius 1 is 1.07 bits per heavy atom. The second kappa shape index (κ2) is 8.69. The van der Waals surface area contributed by atoms with Gasteiger partial charge in [-0.2, -0.15) is 0 Å². The minimum absolute atomic E-state index is 0.293. The van der Waals surface area contributed by atoms with Crippen LogP contribution in [0.4, 0.5) is 4.79 Å². The van der Waals surface area contributed by atoms with E-state index in [1.165, 1.54) is 5.56 Å². The Morgan fingerprint density at radius 3 is 2.30 bits per heavy atom. The molecule has 0 spiro atoms. The first-order valence-corrected chi connectivity index (χ1v) is 10.3. The van der Waals surface area contributed by atoms with Gasteiger partial charge in [0.2, 0.25) is 5.91 Å². The maximum atomic E-state index is 12.9. The zero-order valence-corrected chi connectivity index (χ0v) is 18.0. The topological polar surface area (TPSA) is 78.5 Å². The normalized spacial score (nSPS) is 18.6. The molecule has 0 saturated carbocycles. The summed E-state index contributed by atoms with van der Waals surface area (Å²) in [5.41, 5.74) is 3.00. The third-order valence-electron chi connectivity index (χ3n) is 5.59. The molecule has 30 heavy (non-hydrogen) atoms. The van der Waals surface area contributed by atoms with Crippen LogP contribution < -0.4 is 10.6 Å². The number of carbonyl (C=O) groups excluding carboxylic acids is 3. The summed E-state index contributed by atoms with van der Waals surface area (Å²) in [6.07, 6.45) is 0.686. The van der Waals surface area contributed by atoms with Gasteiger partial charge in [-0.1, -0.05) is 67.9 Å². The van der Waals surface area contributed by atoms with Crippen LogP contribution in [0.5, 0.6) is 0 Å². The quantitative estimate of drug-likeness (QED) is 0.692. The van der Waals surface area contributed by atoms with Gasteiger partial charge in [-0.25, -0.2) is 4.79 Å². The highest BCUT2D eigenvalue weighted by Gasteiger charge is 2.49. The fourth-order valence-electron chi connectivity index (χ4n) is 3.54. The van der Waals surface area contributed by atoms with E-state index in [0.717, 1.165) is 16.0 Å². The number of urea groups is 1. The summed E-state index contributed by atoms with van der Waals surface area (Å²) >= 11 is 0. The lowest BCUT2D eigenvalue weighted by Gasteiger charge is -2.22. The first-order valence-electron chi connectivity index (χ1n) is 10.3. The molecule has 0 bridgehead atoms. The number of rotatable bonds is 7. The van der Waals surface area contributed by atoms with E-state index in [1.54, 1.807) is 6.92 Å². The SMILES string of the molecule is Cc1ccc(C2(C)NC(=O)N(CC(=O)NCCc3ccc(C(C)C)cc3)C2=O)cc1. The summed E-state index contributed by atoms with van der Waals surface area (Å²) in [7, 11) is 0. The molecule has 4 amide bonds. The maximum Gasteiger partial charge on any atom is 0.325 e. The van der Waals surface area contributed by atoms with Gasteiger partial charge in [-0.3, -0.25) is 14.5 Å². The van der Waals surface area contributed by atoms with E-state index in [0.29, 0.717) is 24.4 Å². The zero-order valence-electron chi connectivity index (χ0n) is 18.0. The van der Waals surface area contributed by atoms with Crippen molar-refractivity contribution < 1.29 is 14.4 Å². The molecule has 6 heteroatoms. The third-order valence-corrected chi connectivity index (χ3v) is 5.59. The molecule has 1 atom stereocenters. The van der Waals surface area contributed by atoms with E-state index in [4.69, 9.17) is 0 Å². The minimum atomic E-state index is -1.16. The lowest BCUT2D eigenvalue weighted by Crippen LogP contribution is -2.43. The van der Waals surface area contributed by atoms with Crippen LogP contribution in [0, 0.1) is 6.92 Å². The molecule has 0 aromatic heterocycles. The number of amides is 4. The van der Waals surface area contributed by atoms with Crippen LogP contribution in [-0.4, -0.2) is 35.8 Å². The van der Waals surface area contributed by atoms with Crippen molar-refractivity contribution in [2.24, 2.45) is 0 Å². The fourth-order valence-corrected chi connectivity index (χ4v) is 3.54. The highest BCUT2D eigenvalue weighted by molar-refractivity contribution is 6.09. The van der Waals surface area contributed by atoms with E-state index in [1.807, 2.05) is 31.2 Å². The van der Waals surface area contributed by atoms with Crippen molar-refractivity contribution in [3.63, 3.8) is 0 Å². The molecule has 1 unspecified atom stereocenters. The van der Waals surface area contributed by atoms with Gasteiger partial charge in [-0.15, -0.1) is 0 Å². The van der Waals surface area contributed by atoms with Crippen molar-refractivity contribution in [3.05, 3.63) is 70.8 Å². The fraction of sp³-hybridized carbons (Fsp3) is 0.375. The molecule has 1 fully saturated rings. The van der Waals surface area contributed by atoms with Crippen LogP contribution in [0.1, 0.15) is 48.9 Å². The summed E-state index contributed by atoms with van der Waals surface area (Å²) in [6, 6.07) is 15.2. The van der Waals surface area contributed by atoms with Crippen molar-refractivity contribution in [3.8, 4) is 0 Å². The monoisotopic (exact) mass is 407 g/mol. The lowest BCUT2D eigenvalue weighted by molar-refractivity contribution is -0.134. The second-order valence-electron chi connectivity index (χ2n) is 8.31. The van der Waals surface area contributed by atoms with Crippen LogP contribution in [-0.2, 0) is 21.5 Å². The predicted octanol–water partition coefficient (Wildman–Crippen LogP) is 3.24. The number of nitrogens with one attached hydrogen (secondary N) is 2. The van der Waals surface area contributed by atoms with E-state index < -0.39 is 17.5 Å². The van der Waals surface area contributed by atoms with Gasteiger partial charge in [0.25, 0.3) is 5.91 Å². The molecule has 2 aromatic rings. The van der Waals surface area contributed by atoms with Crippen molar-refractivity contribution in [2.75, 3.05) is 13.1 Å². The molecule has 1 aliphatic rings. The van der Waals surface area contributed by atoms with Gasteiger partial charge < -0.3 is 10.6 Å². The summed E-state index contributed by atoms with van der Waals surface area (Å²) < 4.78 is 0. The molecule has 1 aliphatic heterocycles. The Kier molecular flexibility index (Phi) is 6.25. The molecule has 3 rings (SSSR count). The van der Waals surface area contributed by atoms with E-state index in [-0.39, 0.29) is 12.5 Å². The van der Waals surface area contributed by atoms with Gasteiger partial charge in [0.1, 0.15) is 12.1 Å². The Bertz CT molecular complexity index is 935. The van der Waals surface area contributed by atoms with E-state index in [2.05, 4.69) is 48.7 Å². The third kappa shape index (κ3) is 4.53. The largest absolute Gasteiger partial charge is 0.354 e. The van der Waals surface area contributed by atoms with Gasteiger partial charge in [-0.05, 0) is 42.9 Å². The molecular formula is C24H29N3O3. The average Bonchev–Trinajstić information content (AvgIpc) is 2.93. The highest BCUT2D eigenvalue weighted by atomic mass is 16.2. The maximum absolute atomic E-state index is 12.9. The Morgan fingerprint density at radius 2 is 1.70 bits per heavy atom. The standard InChI is InChI=1S/C24H29N3O3/c1-16(2)19-9-7-18(8-10-19)13-14-25-21(28)15-27-22(29)24(4,26-23(27)30)20-11-5-17(3)6-12-20/h5-12,16H,13-15H2,1-4H3,(H,25,28)(H,26,30). The van der Waals surface area contributed by atoms with Crippen LogP contribution in [0.3, 0.4) is 0 Å². The number of hydrogen-bond acceptors (Lipinski definition) is 3. The van der Waals surface area contributed by atoms with E-state index >= 15 is 0 Å². The molecule has 0 aliphatic carbocycles. The lowest BCUT2D eigenvalue weighted by atomic mass is 9.91. The van der Waals surface area contributed by atoms with Crippen LogP contribution in [0.2, 0.25) is 0 Å². The molecule has 158 valence electrons. The number of imide groups is 1. The van der Waals surface area contributed by atoms with Gasteiger partial charge in [0.15, 0.2) is 0 Å². The van der Waals surface area contributed by atoms with E-state index in [9.17, 15) is 14.4 Å². The smallest absolute Gasteiger partial charge is 0.325 e. The number of benzene rings is 2. The first-order chi connectivity index (χ1) is 14.2. The van der Waals surface area contributed by atoms with Crippen LogP contribution in [0.25, 0.3) is 0 Å². The Labute approximate surface area is 177 Å². The molecule has 1 saturated heterocycles. The summed E-state index contributed by atoms with van der Waals surface area (Å²) in [5, 5.41) is 5.52. The second-order valence-corrected chi connectivity index (χ2v) is 8.31. The zero-order chi connectivity index (χ0) is 21.9. The molecule has 2 N–H and O–H groups in total. The van der Waals surface area contributed by atoms with Crippen LogP contribution in [0.15, 0.2) is 48.5 Å². The van der Waals surface area contributed by atoms with Crippen molar-refractivity contribution in [1.29, 1.82) is 0 Å². The van der Waals surface area contributed by atoms with Crippen molar-refractivity contribution in [1.82, 2.24) is 15.5 Å². The van der Waals surface area contributed by atoms with Gasteiger partial charge in [0.05, 0.1) is 0 Å². The minimum Gasteiger partial charge on any atom is -0.354 e. The summed E-state index contributed by atoms with van der Waals surface area (Å²) in [6.45, 7) is 8.06. The average molecular weight is 408 g/mol. The van der Waals surface area contributed by atoms with Crippen molar-refractivity contribution >= 4 is 17.8 Å². The van der Waals surface area contributed by atoms with Crippen molar-refractivity contribution in [2.45, 2.75) is 45.6 Å². The number of nitrogens with zero attached hydrogens (tertiary/aromatic N) is 1. The number of hydrogen-bond donors (Lipinski definition) is 2. The van der Waals surface area contributed by atoms with Crippen LogP contribution >= 0.6 is 0 Å². The Balaban J connectivity index is 1.55. The molecular weight excluding hydrogens is 378 g/mol. The highest BCUT2D eigenvalue weighted by Crippen LogP contribution is 2.28. The molecule has 1 heterocycles. The number of carbonyl (C=O) groups is 3. The predicted molar refractivity (Wildman–Crippen MR) is 116 cm³/mol. The molecule has 2 aromatic carbocycles. The summed E-state index contributed by atoms with van der Waals surface area (Å²) in [4.78, 5) is 38.6. The van der Waals surface area contributed by atoms with Gasteiger partial charge >= 0.3 is 6.03 Å².